The lowest BCUT2D eigenvalue weighted by Crippen LogP contribution is -2.49. The minimum Gasteiger partial charge on any atom is -0.445 e. The standard InChI is InChI=1S/C16H17ClN4O2/c17-14-10-18-11-15(19-14)20-6-8-21(9-7-20)16(22)23-12-13-4-2-1-3-5-13/h1-5,10-11H,6-9,12H2. The van der Waals surface area contributed by atoms with Crippen LogP contribution < -0.4 is 4.90 Å². The van der Waals surface area contributed by atoms with Crippen LogP contribution in [0.1, 0.15) is 5.56 Å². The highest BCUT2D eigenvalue weighted by Crippen LogP contribution is 2.15. The molecule has 0 spiro atoms. The number of rotatable bonds is 3. The number of aromatic nitrogens is 2. The minimum absolute atomic E-state index is 0.286. The van der Waals surface area contributed by atoms with Crippen LogP contribution in [0.25, 0.3) is 0 Å². The molecule has 1 aromatic heterocycles. The first-order valence-electron chi connectivity index (χ1n) is 7.40. The number of carbonyl (C=O) groups excluding carboxylic acids is 1. The van der Waals surface area contributed by atoms with E-state index in [1.807, 2.05) is 30.3 Å². The lowest BCUT2D eigenvalue weighted by Gasteiger charge is -2.34. The molecule has 2 aromatic rings. The van der Waals surface area contributed by atoms with Gasteiger partial charge in [-0.15, -0.1) is 0 Å². The van der Waals surface area contributed by atoms with Gasteiger partial charge in [-0.25, -0.2) is 9.78 Å². The maximum atomic E-state index is 12.1. The fourth-order valence-electron chi connectivity index (χ4n) is 2.41. The molecule has 0 N–H and O–H groups in total. The number of hydrogen-bond donors (Lipinski definition) is 0. The van der Waals surface area contributed by atoms with Crippen LogP contribution in [-0.4, -0.2) is 47.1 Å². The van der Waals surface area contributed by atoms with Crippen molar-refractivity contribution in [3.63, 3.8) is 0 Å². The van der Waals surface area contributed by atoms with Gasteiger partial charge in [0, 0.05) is 26.2 Å². The van der Waals surface area contributed by atoms with Gasteiger partial charge in [0.1, 0.15) is 17.6 Å². The van der Waals surface area contributed by atoms with Gasteiger partial charge in [-0.3, -0.25) is 4.98 Å². The van der Waals surface area contributed by atoms with E-state index in [1.165, 1.54) is 6.20 Å². The number of hydrogen-bond acceptors (Lipinski definition) is 5. The largest absolute Gasteiger partial charge is 0.445 e. The smallest absolute Gasteiger partial charge is 0.410 e. The summed E-state index contributed by atoms with van der Waals surface area (Å²) in [5.74, 6) is 0.731. The summed E-state index contributed by atoms with van der Waals surface area (Å²) < 4.78 is 5.35. The van der Waals surface area contributed by atoms with E-state index >= 15 is 0 Å². The summed E-state index contributed by atoms with van der Waals surface area (Å²) in [5.41, 5.74) is 0.980. The molecule has 2 heterocycles. The maximum absolute atomic E-state index is 12.1. The second-order valence-corrected chi connectivity index (χ2v) is 5.60. The Morgan fingerprint density at radius 3 is 2.57 bits per heavy atom. The first kappa shape index (κ1) is 15.6. The Balaban J connectivity index is 1.49. The predicted molar refractivity (Wildman–Crippen MR) is 87.5 cm³/mol. The van der Waals surface area contributed by atoms with Crippen LogP contribution in [0.5, 0.6) is 0 Å². The third kappa shape index (κ3) is 4.10. The number of benzene rings is 1. The van der Waals surface area contributed by atoms with Gasteiger partial charge in [-0.2, -0.15) is 0 Å². The highest BCUT2D eigenvalue weighted by Gasteiger charge is 2.23. The van der Waals surface area contributed by atoms with E-state index in [2.05, 4.69) is 14.9 Å². The fourth-order valence-corrected chi connectivity index (χ4v) is 2.56. The molecule has 0 bridgehead atoms. The van der Waals surface area contributed by atoms with E-state index < -0.39 is 0 Å². The molecule has 0 atom stereocenters. The van der Waals surface area contributed by atoms with Crippen LogP contribution in [0, 0.1) is 0 Å². The van der Waals surface area contributed by atoms with Gasteiger partial charge in [-0.1, -0.05) is 41.9 Å². The number of piperazine rings is 1. The molecule has 1 aliphatic rings. The van der Waals surface area contributed by atoms with Crippen LogP contribution in [0.4, 0.5) is 10.6 Å². The van der Waals surface area contributed by atoms with Crippen molar-refractivity contribution >= 4 is 23.5 Å². The molecule has 6 nitrogen and oxygen atoms in total. The Hall–Kier alpha value is -2.34. The molecule has 1 aromatic carbocycles. The highest BCUT2D eigenvalue weighted by atomic mass is 35.5. The molecule has 1 amide bonds. The van der Waals surface area contributed by atoms with Crippen molar-refractivity contribution in [2.24, 2.45) is 0 Å². The summed E-state index contributed by atoms with van der Waals surface area (Å²) in [6.45, 7) is 2.81. The summed E-state index contributed by atoms with van der Waals surface area (Å²) in [7, 11) is 0. The van der Waals surface area contributed by atoms with E-state index in [1.54, 1.807) is 11.1 Å². The summed E-state index contributed by atoms with van der Waals surface area (Å²) in [5, 5.41) is 0.368. The van der Waals surface area contributed by atoms with E-state index in [-0.39, 0.29) is 6.09 Å². The van der Waals surface area contributed by atoms with Crippen LogP contribution >= 0.6 is 11.6 Å². The summed E-state index contributed by atoms with van der Waals surface area (Å²) in [4.78, 5) is 24.1. The Morgan fingerprint density at radius 1 is 1.13 bits per heavy atom. The van der Waals surface area contributed by atoms with Gasteiger partial charge < -0.3 is 14.5 Å². The van der Waals surface area contributed by atoms with Crippen molar-refractivity contribution < 1.29 is 9.53 Å². The van der Waals surface area contributed by atoms with E-state index in [0.717, 1.165) is 11.4 Å². The zero-order chi connectivity index (χ0) is 16.1. The molecule has 3 rings (SSSR count). The Bertz CT molecular complexity index is 660. The second-order valence-electron chi connectivity index (χ2n) is 5.21. The van der Waals surface area contributed by atoms with Gasteiger partial charge in [-0.05, 0) is 5.56 Å². The van der Waals surface area contributed by atoms with Gasteiger partial charge in [0.25, 0.3) is 0 Å². The number of halogens is 1. The quantitative estimate of drug-likeness (QED) is 0.864. The SMILES string of the molecule is O=C(OCc1ccccc1)N1CCN(c2cncc(Cl)n2)CC1. The first-order valence-corrected chi connectivity index (χ1v) is 7.78. The topological polar surface area (TPSA) is 58.6 Å². The van der Waals surface area contributed by atoms with Gasteiger partial charge in [0.05, 0.1) is 12.4 Å². The molecule has 0 aliphatic carbocycles. The molecule has 1 aliphatic heterocycles. The van der Waals surface area contributed by atoms with Crippen molar-refractivity contribution in [3.8, 4) is 0 Å². The second kappa shape index (κ2) is 7.28. The number of amides is 1. The summed E-state index contributed by atoms with van der Waals surface area (Å²) >= 11 is 5.86. The zero-order valence-corrected chi connectivity index (χ0v) is 13.3. The van der Waals surface area contributed by atoms with Crippen LogP contribution in [0.3, 0.4) is 0 Å². The van der Waals surface area contributed by atoms with Gasteiger partial charge in [0.15, 0.2) is 0 Å². The predicted octanol–water partition coefficient (Wildman–Crippen LogP) is 2.59. The highest BCUT2D eigenvalue weighted by molar-refractivity contribution is 6.29. The average Bonchev–Trinajstić information content (AvgIpc) is 2.61. The number of anilines is 1. The van der Waals surface area contributed by atoms with Gasteiger partial charge in [0.2, 0.25) is 0 Å². The van der Waals surface area contributed by atoms with E-state index in [9.17, 15) is 4.79 Å². The molecule has 7 heteroatoms. The van der Waals surface area contributed by atoms with Crippen molar-refractivity contribution in [1.29, 1.82) is 0 Å². The first-order chi connectivity index (χ1) is 11.2. The maximum Gasteiger partial charge on any atom is 0.410 e. The summed E-state index contributed by atoms with van der Waals surface area (Å²) in [6.07, 6.45) is 2.89. The van der Waals surface area contributed by atoms with Crippen LogP contribution in [0.2, 0.25) is 5.15 Å². The fraction of sp³-hybridized carbons (Fsp3) is 0.312. The third-order valence-corrected chi connectivity index (χ3v) is 3.84. The van der Waals surface area contributed by atoms with Crippen molar-refractivity contribution in [1.82, 2.24) is 14.9 Å². The van der Waals surface area contributed by atoms with E-state index in [4.69, 9.17) is 16.3 Å². The van der Waals surface area contributed by atoms with Crippen molar-refractivity contribution in [3.05, 3.63) is 53.4 Å². The molecule has 0 unspecified atom stereocenters. The van der Waals surface area contributed by atoms with Crippen molar-refractivity contribution in [2.75, 3.05) is 31.1 Å². The molecule has 0 saturated carbocycles. The van der Waals surface area contributed by atoms with Gasteiger partial charge >= 0.3 is 6.09 Å². The molecule has 1 saturated heterocycles. The van der Waals surface area contributed by atoms with Crippen molar-refractivity contribution in [2.45, 2.75) is 6.61 Å². The normalized spacial score (nSPS) is 14.7. The molecule has 0 radical (unpaired) electrons. The molecule has 1 fully saturated rings. The summed E-state index contributed by atoms with van der Waals surface area (Å²) in [6, 6.07) is 9.65. The zero-order valence-electron chi connectivity index (χ0n) is 12.6. The van der Waals surface area contributed by atoms with Crippen LogP contribution in [-0.2, 0) is 11.3 Å². The lowest BCUT2D eigenvalue weighted by molar-refractivity contribution is 0.0941. The third-order valence-electron chi connectivity index (χ3n) is 3.66. The van der Waals surface area contributed by atoms with E-state index in [0.29, 0.717) is 37.9 Å². The lowest BCUT2D eigenvalue weighted by atomic mass is 10.2. The average molecular weight is 333 g/mol. The monoisotopic (exact) mass is 332 g/mol. The molecular weight excluding hydrogens is 316 g/mol. The minimum atomic E-state index is -0.286. The molecule has 120 valence electrons. The number of ether oxygens (including phenoxy) is 1. The Morgan fingerprint density at radius 2 is 1.87 bits per heavy atom. The Labute approximate surface area is 139 Å². The number of nitrogens with zero attached hydrogens (tertiary/aromatic N) is 4. The number of carbonyl (C=O) groups is 1. The molecule has 23 heavy (non-hydrogen) atoms. The molecular formula is C16H17ClN4O2. The van der Waals surface area contributed by atoms with Crippen LogP contribution in [0.15, 0.2) is 42.7 Å². The Kier molecular flexibility index (Phi) is 4.92.